The van der Waals surface area contributed by atoms with Gasteiger partial charge in [0.2, 0.25) is 0 Å². The highest BCUT2D eigenvalue weighted by molar-refractivity contribution is 7.99. The van der Waals surface area contributed by atoms with Gasteiger partial charge >= 0.3 is 5.69 Å². The smallest absolute Gasteiger partial charge is 0.308 e. The first-order chi connectivity index (χ1) is 13.9. The third-order valence-corrected chi connectivity index (χ3v) is 6.20. The lowest BCUT2D eigenvalue weighted by Gasteiger charge is -2.11. The van der Waals surface area contributed by atoms with Crippen molar-refractivity contribution in [1.29, 1.82) is 0 Å². The highest BCUT2D eigenvalue weighted by Crippen LogP contribution is 2.31. The molecule has 4 aromatic rings. The summed E-state index contributed by atoms with van der Waals surface area (Å²) in [6.45, 7) is 0.315. The van der Waals surface area contributed by atoms with Gasteiger partial charge in [-0.25, -0.2) is 9.78 Å². The summed E-state index contributed by atoms with van der Waals surface area (Å²) in [5, 5.41) is 1.62. The topological polar surface area (TPSA) is 61.8 Å². The highest BCUT2D eigenvalue weighted by atomic mass is 35.5. The molecule has 29 heavy (non-hydrogen) atoms. The molecule has 0 saturated heterocycles. The Morgan fingerprint density at radius 3 is 2.41 bits per heavy atom. The van der Waals surface area contributed by atoms with Crippen LogP contribution in [0.1, 0.15) is 5.56 Å². The second-order valence-corrected chi connectivity index (χ2v) is 8.39. The van der Waals surface area contributed by atoms with Crippen LogP contribution in [0.5, 0.6) is 0 Å². The number of benzene rings is 2. The first kappa shape index (κ1) is 19.8. The maximum atomic E-state index is 12.9. The average molecular weight is 447 g/mol. The first-order valence-corrected chi connectivity index (χ1v) is 10.3. The molecule has 148 valence electrons. The maximum Gasteiger partial charge on any atom is 0.332 e. The van der Waals surface area contributed by atoms with Crippen LogP contribution >= 0.6 is 35.0 Å². The lowest BCUT2D eigenvalue weighted by Crippen LogP contribution is -2.37. The Kier molecular flexibility index (Phi) is 5.29. The van der Waals surface area contributed by atoms with Crippen molar-refractivity contribution in [2.75, 3.05) is 0 Å². The molecule has 0 amide bonds. The number of aromatic nitrogens is 4. The van der Waals surface area contributed by atoms with E-state index in [-0.39, 0.29) is 0 Å². The number of imidazole rings is 1. The van der Waals surface area contributed by atoms with Gasteiger partial charge in [-0.1, -0.05) is 59.2 Å². The number of fused-ring (bicyclic) bond motifs is 1. The van der Waals surface area contributed by atoms with Crippen LogP contribution in [0.25, 0.3) is 11.2 Å². The van der Waals surface area contributed by atoms with Gasteiger partial charge < -0.3 is 4.57 Å². The Morgan fingerprint density at radius 2 is 1.72 bits per heavy atom. The van der Waals surface area contributed by atoms with Gasteiger partial charge in [-0.15, -0.1) is 0 Å². The molecule has 4 rings (SSSR count). The van der Waals surface area contributed by atoms with Crippen LogP contribution in [0.2, 0.25) is 10.0 Å². The van der Waals surface area contributed by atoms with Gasteiger partial charge in [0.25, 0.3) is 5.56 Å². The van der Waals surface area contributed by atoms with Crippen molar-refractivity contribution >= 4 is 46.1 Å². The lowest BCUT2D eigenvalue weighted by molar-refractivity contribution is 0.696. The molecule has 0 unspecified atom stereocenters. The van der Waals surface area contributed by atoms with Gasteiger partial charge in [0, 0.05) is 29.0 Å². The van der Waals surface area contributed by atoms with Gasteiger partial charge in [-0.05, 0) is 29.8 Å². The molecule has 0 aliphatic carbocycles. The van der Waals surface area contributed by atoms with E-state index in [4.69, 9.17) is 23.2 Å². The fraction of sp³-hybridized carbons (Fsp3) is 0.150. The molecule has 0 fully saturated rings. The molecule has 2 heterocycles. The van der Waals surface area contributed by atoms with Crippen LogP contribution in [0.4, 0.5) is 0 Å². The summed E-state index contributed by atoms with van der Waals surface area (Å²) in [6, 6.07) is 14.9. The Labute approximate surface area is 180 Å². The summed E-state index contributed by atoms with van der Waals surface area (Å²) >= 11 is 13.8. The van der Waals surface area contributed by atoms with Gasteiger partial charge in [-0.2, -0.15) is 0 Å². The summed E-state index contributed by atoms with van der Waals surface area (Å²) in [4.78, 5) is 30.9. The van der Waals surface area contributed by atoms with E-state index in [2.05, 4.69) is 4.98 Å². The normalized spacial score (nSPS) is 11.3. The zero-order chi connectivity index (χ0) is 20.7. The number of nitrogens with zero attached hydrogens (tertiary/aromatic N) is 4. The zero-order valence-corrected chi connectivity index (χ0v) is 17.9. The van der Waals surface area contributed by atoms with Crippen LogP contribution in [-0.4, -0.2) is 18.7 Å². The van der Waals surface area contributed by atoms with E-state index in [1.165, 1.54) is 23.4 Å². The third kappa shape index (κ3) is 3.61. The molecule has 0 aliphatic rings. The second-order valence-electron chi connectivity index (χ2n) is 6.51. The van der Waals surface area contributed by atoms with Crippen molar-refractivity contribution in [1.82, 2.24) is 18.7 Å². The minimum Gasteiger partial charge on any atom is -0.308 e. The molecule has 0 atom stereocenters. The highest BCUT2D eigenvalue weighted by Gasteiger charge is 2.20. The van der Waals surface area contributed by atoms with Crippen LogP contribution in [-0.2, 0) is 20.6 Å². The number of aryl methyl sites for hydroxylation is 1. The van der Waals surface area contributed by atoms with Crippen LogP contribution in [0.15, 0.2) is 68.2 Å². The molecular formula is C20H16Cl2N4O2S. The van der Waals surface area contributed by atoms with Crippen molar-refractivity contribution in [2.24, 2.45) is 14.1 Å². The first-order valence-electron chi connectivity index (χ1n) is 8.70. The van der Waals surface area contributed by atoms with Crippen molar-refractivity contribution in [3.05, 3.63) is 85.0 Å². The number of hydrogen-bond acceptors (Lipinski definition) is 4. The molecular weight excluding hydrogens is 431 g/mol. The Bertz CT molecular complexity index is 1340. The summed E-state index contributed by atoms with van der Waals surface area (Å²) in [5.74, 6) is 0. The van der Waals surface area contributed by atoms with Gasteiger partial charge in [0.05, 0.1) is 6.54 Å². The van der Waals surface area contributed by atoms with E-state index < -0.39 is 11.2 Å². The van der Waals surface area contributed by atoms with Crippen molar-refractivity contribution in [3.63, 3.8) is 0 Å². The molecule has 2 aromatic heterocycles. The predicted molar refractivity (Wildman–Crippen MR) is 116 cm³/mol. The molecule has 0 N–H and O–H groups in total. The molecule has 9 heteroatoms. The average Bonchev–Trinajstić information content (AvgIpc) is 3.05. The molecule has 6 nitrogen and oxygen atoms in total. The predicted octanol–water partition coefficient (Wildman–Crippen LogP) is 3.94. The molecule has 2 aromatic carbocycles. The molecule has 0 aliphatic heterocycles. The summed E-state index contributed by atoms with van der Waals surface area (Å²) in [7, 11) is 3.06. The summed E-state index contributed by atoms with van der Waals surface area (Å²) in [6.07, 6.45) is 0. The van der Waals surface area contributed by atoms with E-state index in [1.807, 2.05) is 36.4 Å². The maximum absolute atomic E-state index is 12.9. The van der Waals surface area contributed by atoms with E-state index in [9.17, 15) is 9.59 Å². The van der Waals surface area contributed by atoms with Crippen molar-refractivity contribution in [3.8, 4) is 0 Å². The quantitative estimate of drug-likeness (QED) is 0.476. The van der Waals surface area contributed by atoms with Gasteiger partial charge in [0.15, 0.2) is 16.3 Å². The van der Waals surface area contributed by atoms with Crippen LogP contribution < -0.4 is 11.2 Å². The number of halogens is 2. The Morgan fingerprint density at radius 1 is 1.00 bits per heavy atom. The minimum absolute atomic E-state index is 0.315. The standard InChI is InChI=1S/C20H16Cl2N4O2S/c1-24-17-16(18(27)25(2)20(24)28)26(11-12-8-9-13(21)10-15(12)22)19(23-17)29-14-6-4-3-5-7-14/h3-10H,11H2,1-2H3. The largest absolute Gasteiger partial charge is 0.332 e. The SMILES string of the molecule is Cn1c(=O)c2c(nc(Sc3ccccc3)n2Cc2ccc(Cl)cc2Cl)n(C)c1=O. The Balaban J connectivity index is 1.97. The van der Waals surface area contributed by atoms with E-state index >= 15 is 0 Å². The monoisotopic (exact) mass is 446 g/mol. The van der Waals surface area contributed by atoms with E-state index in [1.54, 1.807) is 23.7 Å². The molecule has 0 radical (unpaired) electrons. The minimum atomic E-state index is -0.423. The van der Waals surface area contributed by atoms with Gasteiger partial charge in [0.1, 0.15) is 0 Å². The Hall–Kier alpha value is -2.48. The molecule has 0 bridgehead atoms. The zero-order valence-electron chi connectivity index (χ0n) is 15.6. The van der Waals surface area contributed by atoms with Crippen LogP contribution in [0.3, 0.4) is 0 Å². The summed E-state index contributed by atoms with van der Waals surface area (Å²) < 4.78 is 4.26. The summed E-state index contributed by atoms with van der Waals surface area (Å²) in [5.41, 5.74) is 0.649. The van der Waals surface area contributed by atoms with Crippen LogP contribution in [0, 0.1) is 0 Å². The lowest BCUT2D eigenvalue weighted by atomic mass is 10.2. The van der Waals surface area contributed by atoms with E-state index in [0.29, 0.717) is 32.9 Å². The second kappa shape index (κ2) is 7.74. The van der Waals surface area contributed by atoms with Crippen molar-refractivity contribution < 1.29 is 0 Å². The molecule has 0 spiro atoms. The van der Waals surface area contributed by atoms with Gasteiger partial charge in [-0.3, -0.25) is 13.9 Å². The number of rotatable bonds is 4. The molecule has 0 saturated carbocycles. The fourth-order valence-electron chi connectivity index (χ4n) is 3.07. The van der Waals surface area contributed by atoms with Crippen molar-refractivity contribution in [2.45, 2.75) is 16.6 Å². The fourth-order valence-corrected chi connectivity index (χ4v) is 4.44. The van der Waals surface area contributed by atoms with E-state index in [0.717, 1.165) is 15.0 Å². The third-order valence-electron chi connectivity index (χ3n) is 4.61. The number of hydrogen-bond donors (Lipinski definition) is 0.